The Labute approximate surface area is 161 Å². The highest BCUT2D eigenvalue weighted by Crippen LogP contribution is 2.34. The number of carbonyl (C=O) groups excluding carboxylic acids is 1. The Morgan fingerprint density at radius 1 is 1.07 bits per heavy atom. The Hall–Kier alpha value is -2.53. The lowest BCUT2D eigenvalue weighted by Gasteiger charge is -2.38. The van der Waals surface area contributed by atoms with Gasteiger partial charge in [0.05, 0.1) is 12.2 Å². The molecule has 0 aliphatic carbocycles. The SMILES string of the molecule is CCCCOc1cccc(C2Nc3ccccc3C(=O)N2CCCOC)c1. The van der Waals surface area contributed by atoms with Gasteiger partial charge in [0, 0.05) is 25.9 Å². The van der Waals surface area contributed by atoms with Crippen LogP contribution in [0.15, 0.2) is 48.5 Å². The molecular formula is C22H28N2O3. The zero-order valence-electron chi connectivity index (χ0n) is 16.1. The minimum absolute atomic E-state index is 0.0442. The maximum Gasteiger partial charge on any atom is 0.257 e. The second-order valence-electron chi connectivity index (χ2n) is 6.71. The van der Waals surface area contributed by atoms with E-state index < -0.39 is 0 Å². The molecule has 1 heterocycles. The number of unbranched alkanes of at least 4 members (excludes halogenated alkanes) is 1. The predicted molar refractivity (Wildman–Crippen MR) is 107 cm³/mol. The normalized spacial score (nSPS) is 16.0. The summed E-state index contributed by atoms with van der Waals surface area (Å²) in [5, 5.41) is 3.52. The fraction of sp³-hybridized carbons (Fsp3) is 0.409. The third-order valence-corrected chi connectivity index (χ3v) is 4.71. The molecule has 3 rings (SSSR count). The van der Waals surface area contributed by atoms with Crippen molar-refractivity contribution < 1.29 is 14.3 Å². The van der Waals surface area contributed by atoms with Crippen molar-refractivity contribution in [2.24, 2.45) is 0 Å². The van der Waals surface area contributed by atoms with Gasteiger partial charge >= 0.3 is 0 Å². The molecule has 2 aromatic rings. The summed E-state index contributed by atoms with van der Waals surface area (Å²) in [6.07, 6.45) is 2.69. The molecule has 0 bridgehead atoms. The van der Waals surface area contributed by atoms with Gasteiger partial charge in [-0.25, -0.2) is 0 Å². The van der Waals surface area contributed by atoms with Gasteiger partial charge < -0.3 is 19.7 Å². The van der Waals surface area contributed by atoms with Gasteiger partial charge in [0.15, 0.2) is 0 Å². The predicted octanol–water partition coefficient (Wildman–Crippen LogP) is 4.47. The van der Waals surface area contributed by atoms with Crippen LogP contribution in [-0.4, -0.2) is 37.7 Å². The Balaban J connectivity index is 1.86. The molecule has 1 amide bonds. The van der Waals surface area contributed by atoms with Crippen LogP contribution in [0.25, 0.3) is 0 Å². The van der Waals surface area contributed by atoms with Gasteiger partial charge in [-0.05, 0) is 42.7 Å². The summed E-state index contributed by atoms with van der Waals surface area (Å²) in [6, 6.07) is 15.7. The zero-order chi connectivity index (χ0) is 19.1. The molecule has 5 nitrogen and oxygen atoms in total. The average molecular weight is 368 g/mol. The molecular weight excluding hydrogens is 340 g/mol. The van der Waals surface area contributed by atoms with Crippen molar-refractivity contribution >= 4 is 11.6 Å². The molecule has 0 spiro atoms. The van der Waals surface area contributed by atoms with Gasteiger partial charge in [-0.3, -0.25) is 4.79 Å². The lowest BCUT2D eigenvalue weighted by Crippen LogP contribution is -2.43. The second-order valence-corrected chi connectivity index (χ2v) is 6.71. The Bertz CT molecular complexity index is 763. The minimum Gasteiger partial charge on any atom is -0.494 e. The third kappa shape index (κ3) is 4.61. The van der Waals surface area contributed by atoms with Crippen LogP contribution in [0.5, 0.6) is 5.75 Å². The summed E-state index contributed by atoms with van der Waals surface area (Å²) in [5.74, 6) is 0.883. The molecule has 1 N–H and O–H groups in total. The van der Waals surface area contributed by atoms with Crippen molar-refractivity contribution in [1.29, 1.82) is 0 Å². The number of carbonyl (C=O) groups is 1. The van der Waals surface area contributed by atoms with Gasteiger partial charge in [0.1, 0.15) is 11.9 Å². The van der Waals surface area contributed by atoms with Crippen LogP contribution in [0.4, 0.5) is 5.69 Å². The molecule has 27 heavy (non-hydrogen) atoms. The Morgan fingerprint density at radius 2 is 1.93 bits per heavy atom. The average Bonchev–Trinajstić information content (AvgIpc) is 2.70. The maximum absolute atomic E-state index is 13.1. The van der Waals surface area contributed by atoms with Crippen LogP contribution in [0.3, 0.4) is 0 Å². The number of amides is 1. The number of fused-ring (bicyclic) bond motifs is 1. The summed E-state index contributed by atoms with van der Waals surface area (Å²) in [7, 11) is 1.68. The number of para-hydroxylation sites is 1. The zero-order valence-corrected chi connectivity index (χ0v) is 16.1. The maximum atomic E-state index is 13.1. The van der Waals surface area contributed by atoms with E-state index in [2.05, 4.69) is 12.2 Å². The van der Waals surface area contributed by atoms with Crippen LogP contribution in [0, 0.1) is 0 Å². The molecule has 0 aromatic heterocycles. The fourth-order valence-corrected chi connectivity index (χ4v) is 3.27. The standard InChI is InChI=1S/C22H28N2O3/c1-3-4-15-27-18-10-7-9-17(16-18)21-23-20-12-6-5-11-19(20)22(25)24(21)13-8-14-26-2/h5-7,9-12,16,21,23H,3-4,8,13-15H2,1-2H3. The van der Waals surface area contributed by atoms with E-state index in [1.165, 1.54) is 0 Å². The Kier molecular flexibility index (Phi) is 6.71. The van der Waals surface area contributed by atoms with Gasteiger partial charge in [-0.1, -0.05) is 37.6 Å². The van der Waals surface area contributed by atoms with E-state index in [1.807, 2.05) is 53.4 Å². The summed E-state index contributed by atoms with van der Waals surface area (Å²) in [5.41, 5.74) is 2.60. The molecule has 0 fully saturated rings. The molecule has 1 aliphatic rings. The largest absolute Gasteiger partial charge is 0.494 e. The molecule has 1 aliphatic heterocycles. The highest BCUT2D eigenvalue weighted by molar-refractivity contribution is 6.01. The monoisotopic (exact) mass is 368 g/mol. The number of nitrogens with zero attached hydrogens (tertiary/aromatic N) is 1. The quantitative estimate of drug-likeness (QED) is 0.664. The number of methoxy groups -OCH3 is 1. The van der Waals surface area contributed by atoms with Crippen LogP contribution in [0.2, 0.25) is 0 Å². The molecule has 1 unspecified atom stereocenters. The van der Waals surface area contributed by atoms with E-state index in [1.54, 1.807) is 7.11 Å². The van der Waals surface area contributed by atoms with Crippen molar-refractivity contribution in [1.82, 2.24) is 4.90 Å². The number of hydrogen-bond donors (Lipinski definition) is 1. The van der Waals surface area contributed by atoms with E-state index in [0.717, 1.165) is 36.3 Å². The lowest BCUT2D eigenvalue weighted by atomic mass is 10.0. The first-order chi connectivity index (χ1) is 13.2. The number of hydrogen-bond acceptors (Lipinski definition) is 4. The first kappa shape index (κ1) is 19.2. The number of nitrogens with one attached hydrogen (secondary N) is 1. The number of rotatable bonds is 9. The third-order valence-electron chi connectivity index (χ3n) is 4.71. The lowest BCUT2D eigenvalue weighted by molar-refractivity contribution is 0.0660. The topological polar surface area (TPSA) is 50.8 Å². The summed E-state index contributed by atoms with van der Waals surface area (Å²) in [6.45, 7) is 4.10. The van der Waals surface area contributed by atoms with Gasteiger partial charge in [0.2, 0.25) is 0 Å². The molecule has 5 heteroatoms. The minimum atomic E-state index is -0.223. The highest BCUT2D eigenvalue weighted by atomic mass is 16.5. The number of ether oxygens (including phenoxy) is 2. The second kappa shape index (κ2) is 9.42. The van der Waals surface area contributed by atoms with Crippen molar-refractivity contribution in [3.8, 4) is 5.75 Å². The van der Waals surface area contributed by atoms with Gasteiger partial charge in [0.25, 0.3) is 5.91 Å². The van der Waals surface area contributed by atoms with Crippen LogP contribution in [0.1, 0.15) is 48.3 Å². The van der Waals surface area contributed by atoms with E-state index in [0.29, 0.717) is 25.3 Å². The molecule has 144 valence electrons. The summed E-state index contributed by atoms with van der Waals surface area (Å²) >= 11 is 0. The molecule has 0 saturated carbocycles. The van der Waals surface area contributed by atoms with Crippen molar-refractivity contribution in [2.75, 3.05) is 32.2 Å². The van der Waals surface area contributed by atoms with E-state index in [4.69, 9.17) is 9.47 Å². The van der Waals surface area contributed by atoms with E-state index >= 15 is 0 Å². The fourth-order valence-electron chi connectivity index (χ4n) is 3.27. The first-order valence-corrected chi connectivity index (χ1v) is 9.63. The smallest absolute Gasteiger partial charge is 0.257 e. The van der Waals surface area contributed by atoms with Crippen molar-refractivity contribution in [3.05, 3.63) is 59.7 Å². The van der Waals surface area contributed by atoms with Gasteiger partial charge in [-0.2, -0.15) is 0 Å². The van der Waals surface area contributed by atoms with Crippen LogP contribution >= 0.6 is 0 Å². The van der Waals surface area contributed by atoms with Crippen molar-refractivity contribution in [3.63, 3.8) is 0 Å². The molecule has 1 atom stereocenters. The van der Waals surface area contributed by atoms with Crippen molar-refractivity contribution in [2.45, 2.75) is 32.4 Å². The Morgan fingerprint density at radius 3 is 2.74 bits per heavy atom. The molecule has 0 radical (unpaired) electrons. The van der Waals surface area contributed by atoms with Gasteiger partial charge in [-0.15, -0.1) is 0 Å². The van der Waals surface area contributed by atoms with E-state index in [-0.39, 0.29) is 12.1 Å². The summed E-state index contributed by atoms with van der Waals surface area (Å²) in [4.78, 5) is 15.0. The number of anilines is 1. The molecule has 2 aromatic carbocycles. The number of benzene rings is 2. The van der Waals surface area contributed by atoms with Crippen LogP contribution in [-0.2, 0) is 4.74 Å². The van der Waals surface area contributed by atoms with E-state index in [9.17, 15) is 4.79 Å². The molecule has 0 saturated heterocycles. The highest BCUT2D eigenvalue weighted by Gasteiger charge is 2.32. The summed E-state index contributed by atoms with van der Waals surface area (Å²) < 4.78 is 11.0. The van der Waals surface area contributed by atoms with Crippen LogP contribution < -0.4 is 10.1 Å². The first-order valence-electron chi connectivity index (χ1n) is 9.63.